The third-order valence-electron chi connectivity index (χ3n) is 5.37. The van der Waals surface area contributed by atoms with E-state index in [1.165, 1.54) is 11.9 Å². The lowest BCUT2D eigenvalue weighted by atomic mass is 10.2. The van der Waals surface area contributed by atoms with E-state index in [1.807, 2.05) is 19.1 Å². The van der Waals surface area contributed by atoms with Crippen molar-refractivity contribution < 1.29 is 18.6 Å². The average molecular weight is 569 g/mol. The highest BCUT2D eigenvalue weighted by Crippen LogP contribution is 2.38. The second-order valence-electron chi connectivity index (χ2n) is 7.79. The highest BCUT2D eigenvalue weighted by Gasteiger charge is 2.25. The molecule has 5 rings (SSSR count). The quantitative estimate of drug-likeness (QED) is 0.225. The van der Waals surface area contributed by atoms with Crippen LogP contribution in [0.5, 0.6) is 17.4 Å². The molecule has 5 aromatic rings. The molecule has 11 nitrogen and oxygen atoms in total. The molecule has 0 radical (unpaired) electrons. The predicted octanol–water partition coefficient (Wildman–Crippen LogP) is 5.14. The van der Waals surface area contributed by atoms with Crippen molar-refractivity contribution in [3.05, 3.63) is 65.6 Å². The molecule has 0 saturated carbocycles. The summed E-state index contributed by atoms with van der Waals surface area (Å²) in [6.07, 6.45) is 2.22. The zero-order valence-electron chi connectivity index (χ0n) is 21.1. The summed E-state index contributed by atoms with van der Waals surface area (Å²) >= 11 is 7.70. The first-order valence-electron chi connectivity index (χ1n) is 11.6. The number of pyridine rings is 1. The summed E-state index contributed by atoms with van der Waals surface area (Å²) in [5, 5.41) is 0.106. The van der Waals surface area contributed by atoms with Crippen LogP contribution in [0.4, 0.5) is 10.2 Å². The predicted molar refractivity (Wildman–Crippen MR) is 146 cm³/mol. The van der Waals surface area contributed by atoms with E-state index in [0.29, 0.717) is 58.4 Å². The monoisotopic (exact) mass is 568 g/mol. The van der Waals surface area contributed by atoms with Gasteiger partial charge in [-0.05, 0) is 37.1 Å². The van der Waals surface area contributed by atoms with Crippen molar-refractivity contribution >= 4 is 40.7 Å². The van der Waals surface area contributed by atoms with Gasteiger partial charge >= 0.3 is 0 Å². The number of para-hydroxylation sites is 1. The first-order valence-corrected chi connectivity index (χ1v) is 13.0. The second-order valence-corrected chi connectivity index (χ2v) is 8.93. The van der Waals surface area contributed by atoms with E-state index in [2.05, 4.69) is 24.7 Å². The van der Waals surface area contributed by atoms with Crippen LogP contribution in [-0.4, -0.2) is 55.3 Å². The lowest BCUT2D eigenvalue weighted by Crippen LogP contribution is -2.06. The molecular formula is C25H22ClFN8O3S. The summed E-state index contributed by atoms with van der Waals surface area (Å²) in [7, 11) is 3.13. The summed E-state index contributed by atoms with van der Waals surface area (Å²) in [6, 6.07) is 10.8. The summed E-state index contributed by atoms with van der Waals surface area (Å²) in [6.45, 7) is 2.34. The van der Waals surface area contributed by atoms with Gasteiger partial charge in [0.15, 0.2) is 33.9 Å². The van der Waals surface area contributed by atoms with Crippen molar-refractivity contribution in [3.8, 4) is 34.6 Å². The van der Waals surface area contributed by atoms with Gasteiger partial charge in [-0.2, -0.15) is 0 Å². The van der Waals surface area contributed by atoms with Crippen LogP contribution in [0.25, 0.3) is 28.5 Å². The van der Waals surface area contributed by atoms with Gasteiger partial charge in [0.05, 0.1) is 39.0 Å². The number of imidazole rings is 1. The Morgan fingerprint density at radius 1 is 0.974 bits per heavy atom. The van der Waals surface area contributed by atoms with Crippen molar-refractivity contribution in [2.24, 2.45) is 0 Å². The lowest BCUT2D eigenvalue weighted by molar-refractivity contribution is 0.327. The normalized spacial score (nSPS) is 11.0. The maximum absolute atomic E-state index is 13.1. The van der Waals surface area contributed by atoms with Crippen molar-refractivity contribution in [2.75, 3.05) is 25.5 Å². The Bertz CT molecular complexity index is 1600. The van der Waals surface area contributed by atoms with Gasteiger partial charge < -0.3 is 18.9 Å². The molecular weight excluding hydrogens is 547 g/mol. The summed E-state index contributed by atoms with van der Waals surface area (Å²) in [4.78, 5) is 26.5. The van der Waals surface area contributed by atoms with Crippen LogP contribution in [0, 0.1) is 5.82 Å². The Hall–Kier alpha value is -4.23. The zero-order chi connectivity index (χ0) is 27.4. The van der Waals surface area contributed by atoms with Crippen molar-refractivity contribution in [1.29, 1.82) is 0 Å². The van der Waals surface area contributed by atoms with E-state index >= 15 is 0 Å². The molecule has 0 aliphatic heterocycles. The number of fused-ring (bicyclic) bond motifs is 1. The molecule has 0 atom stereocenters. The van der Waals surface area contributed by atoms with Gasteiger partial charge in [-0.3, -0.25) is 4.57 Å². The number of nitrogens with zero attached hydrogens (tertiary/aromatic N) is 7. The fraction of sp³-hybridized carbons (Fsp3) is 0.200. The van der Waals surface area contributed by atoms with Crippen molar-refractivity contribution in [2.45, 2.75) is 12.7 Å². The van der Waals surface area contributed by atoms with E-state index in [1.54, 1.807) is 43.1 Å². The number of hydrogen-bond acceptors (Lipinski definition) is 11. The van der Waals surface area contributed by atoms with Crippen LogP contribution in [0.1, 0.15) is 12.7 Å². The van der Waals surface area contributed by atoms with E-state index in [9.17, 15) is 4.39 Å². The summed E-state index contributed by atoms with van der Waals surface area (Å²) < 4.78 is 34.9. The molecule has 0 bridgehead atoms. The molecule has 4 aromatic heterocycles. The Morgan fingerprint density at radius 3 is 2.38 bits per heavy atom. The fourth-order valence-corrected chi connectivity index (χ4v) is 4.58. The minimum atomic E-state index is -0.506. The molecule has 4 heterocycles. The molecule has 1 aromatic carbocycles. The van der Waals surface area contributed by atoms with E-state index in [4.69, 9.17) is 35.8 Å². The van der Waals surface area contributed by atoms with Crippen LogP contribution in [0.3, 0.4) is 0 Å². The maximum atomic E-state index is 13.1. The number of halogens is 2. The number of rotatable bonds is 10. The number of benzene rings is 1. The molecule has 200 valence electrons. The zero-order valence-corrected chi connectivity index (χ0v) is 22.6. The highest BCUT2D eigenvalue weighted by molar-refractivity contribution is 7.99. The van der Waals surface area contributed by atoms with Crippen LogP contribution < -0.4 is 18.9 Å². The lowest BCUT2D eigenvalue weighted by Gasteiger charge is -2.16. The molecule has 39 heavy (non-hydrogen) atoms. The third-order valence-corrected chi connectivity index (χ3v) is 6.37. The van der Waals surface area contributed by atoms with Gasteiger partial charge in [0.1, 0.15) is 28.7 Å². The van der Waals surface area contributed by atoms with Gasteiger partial charge in [-0.25, -0.2) is 34.3 Å². The number of anilines is 1. The first kappa shape index (κ1) is 26.4. The summed E-state index contributed by atoms with van der Waals surface area (Å²) in [5.41, 5.74) is 1.73. The Balaban J connectivity index is 1.64. The van der Waals surface area contributed by atoms with Crippen LogP contribution in [-0.2, 0) is 5.75 Å². The summed E-state index contributed by atoms with van der Waals surface area (Å²) in [5.74, 6) is 2.45. The van der Waals surface area contributed by atoms with Crippen LogP contribution in [0.15, 0.2) is 48.8 Å². The molecule has 0 aliphatic rings. The molecule has 0 spiro atoms. The van der Waals surface area contributed by atoms with E-state index < -0.39 is 5.82 Å². The van der Waals surface area contributed by atoms with Gasteiger partial charge in [-0.1, -0.05) is 23.7 Å². The molecule has 0 amide bonds. The topological polar surface area (TPSA) is 122 Å². The Morgan fingerprint density at radius 2 is 1.69 bits per heavy atom. The number of nitrogens with one attached hydrogen (secondary N) is 1. The number of aromatic nitrogens is 7. The maximum Gasteiger partial charge on any atom is 0.213 e. The number of ether oxygens (including phenoxy) is 3. The Labute approximate surface area is 231 Å². The smallest absolute Gasteiger partial charge is 0.213 e. The van der Waals surface area contributed by atoms with Crippen LogP contribution >= 0.6 is 23.5 Å². The Kier molecular flexibility index (Phi) is 7.89. The van der Waals surface area contributed by atoms with Gasteiger partial charge in [0.2, 0.25) is 5.88 Å². The van der Waals surface area contributed by atoms with Gasteiger partial charge in [0, 0.05) is 6.07 Å². The largest absolute Gasteiger partial charge is 0.494 e. The fourth-order valence-electron chi connectivity index (χ4n) is 3.72. The van der Waals surface area contributed by atoms with Gasteiger partial charge in [0.25, 0.3) is 0 Å². The minimum absolute atomic E-state index is 0.106. The minimum Gasteiger partial charge on any atom is -0.494 e. The molecule has 0 fully saturated rings. The highest BCUT2D eigenvalue weighted by atomic mass is 35.5. The standard InChI is InChI=1S/C25H22ClFN8O3S/c1-4-38-19-10-5-7-15(30-19)24-33-23-25(35(24)20-16(36-2)8-6-9-17(20)37-3)32-22(21(26)31-23)34-39-13-18-28-11-14(27)12-29-18/h5-12H,4,13H2,1-3H3,(H,32,34). The molecule has 0 aliphatic carbocycles. The molecule has 14 heteroatoms. The van der Waals surface area contributed by atoms with Crippen LogP contribution in [0.2, 0.25) is 5.15 Å². The molecule has 1 N–H and O–H groups in total. The van der Waals surface area contributed by atoms with E-state index in [-0.39, 0.29) is 16.6 Å². The molecule has 0 saturated heterocycles. The third kappa shape index (κ3) is 5.49. The average Bonchev–Trinajstić information content (AvgIpc) is 3.31. The first-order chi connectivity index (χ1) is 19.0. The second kappa shape index (κ2) is 11.7. The number of hydrogen-bond donors (Lipinski definition) is 1. The van der Waals surface area contributed by atoms with Crippen molar-refractivity contribution in [3.63, 3.8) is 0 Å². The van der Waals surface area contributed by atoms with E-state index in [0.717, 1.165) is 12.4 Å². The molecule has 0 unspecified atom stereocenters. The number of methoxy groups -OCH3 is 2. The van der Waals surface area contributed by atoms with Gasteiger partial charge in [-0.15, -0.1) is 0 Å². The SMILES string of the molecule is CCOc1cccc(-c2nc3nc(Cl)c(NSCc4ncc(F)cn4)nc3n2-c2c(OC)cccc2OC)n1. The van der Waals surface area contributed by atoms with Crippen molar-refractivity contribution in [1.82, 2.24) is 34.5 Å².